The van der Waals surface area contributed by atoms with Crippen LogP contribution in [0.25, 0.3) is 0 Å². The Labute approximate surface area is 169 Å². The summed E-state index contributed by atoms with van der Waals surface area (Å²) in [7, 11) is 5.62. The summed E-state index contributed by atoms with van der Waals surface area (Å²) in [4.78, 5) is 28.9. The van der Waals surface area contributed by atoms with Gasteiger partial charge in [-0.05, 0) is 42.0 Å². The molecule has 0 bridgehead atoms. The van der Waals surface area contributed by atoms with Gasteiger partial charge in [0.05, 0.1) is 6.61 Å². The number of ether oxygens (including phenoxy) is 1. The molecule has 156 valence electrons. The van der Waals surface area contributed by atoms with Crippen LogP contribution < -0.4 is 10.2 Å². The summed E-state index contributed by atoms with van der Waals surface area (Å²) in [5, 5.41) is 3.00. The number of amides is 2. The zero-order valence-corrected chi connectivity index (χ0v) is 18.2. The van der Waals surface area contributed by atoms with Gasteiger partial charge in [-0.1, -0.05) is 20.8 Å². The zero-order chi connectivity index (χ0) is 20.9. The van der Waals surface area contributed by atoms with E-state index >= 15 is 0 Å². The third kappa shape index (κ3) is 6.82. The summed E-state index contributed by atoms with van der Waals surface area (Å²) in [6.07, 6.45) is 2.41. The fourth-order valence-corrected chi connectivity index (χ4v) is 3.18. The standard InChI is InChI=1S/C22H35N3O3/c1-22(2,3)14-20(26)23-18-9-10-19(24(4)5)17(13-18)15-25(11-12-28-6)21(27)16-7-8-16/h9-10,13,16H,7-8,11-12,14-15H2,1-6H3,(H,23,26). The number of carbonyl (C=O) groups is 2. The number of benzene rings is 1. The molecule has 0 atom stereocenters. The molecule has 0 unspecified atom stereocenters. The zero-order valence-electron chi connectivity index (χ0n) is 18.2. The van der Waals surface area contributed by atoms with Gasteiger partial charge in [0.15, 0.2) is 0 Å². The minimum atomic E-state index is -0.0654. The normalized spacial score (nSPS) is 13.9. The molecule has 28 heavy (non-hydrogen) atoms. The van der Waals surface area contributed by atoms with Gasteiger partial charge >= 0.3 is 0 Å². The fourth-order valence-electron chi connectivity index (χ4n) is 3.18. The number of carbonyl (C=O) groups excluding carboxylic acids is 2. The third-order valence-corrected chi connectivity index (χ3v) is 4.70. The molecule has 6 heteroatoms. The minimum absolute atomic E-state index is 0.00125. The number of nitrogens with one attached hydrogen (secondary N) is 1. The second-order valence-electron chi connectivity index (χ2n) is 9.05. The van der Waals surface area contributed by atoms with Crippen LogP contribution in [0, 0.1) is 11.3 Å². The molecule has 0 saturated heterocycles. The van der Waals surface area contributed by atoms with Crippen molar-refractivity contribution < 1.29 is 14.3 Å². The number of hydrogen-bond acceptors (Lipinski definition) is 4. The molecular weight excluding hydrogens is 354 g/mol. The molecule has 0 heterocycles. The van der Waals surface area contributed by atoms with Gasteiger partial charge in [-0.15, -0.1) is 0 Å². The maximum absolute atomic E-state index is 12.7. The molecule has 1 aliphatic rings. The highest BCUT2D eigenvalue weighted by Crippen LogP contribution is 2.32. The van der Waals surface area contributed by atoms with E-state index in [9.17, 15) is 9.59 Å². The van der Waals surface area contributed by atoms with Crippen LogP contribution in [-0.4, -0.2) is 51.1 Å². The van der Waals surface area contributed by atoms with Gasteiger partial charge in [0.2, 0.25) is 11.8 Å². The van der Waals surface area contributed by atoms with E-state index in [1.165, 1.54) is 0 Å². The van der Waals surface area contributed by atoms with E-state index in [1.807, 2.05) is 62.9 Å². The first-order valence-electron chi connectivity index (χ1n) is 9.98. The van der Waals surface area contributed by atoms with E-state index < -0.39 is 0 Å². The Morgan fingerprint density at radius 3 is 2.43 bits per heavy atom. The molecule has 1 aromatic rings. The number of nitrogens with zero attached hydrogens (tertiary/aromatic N) is 2. The predicted molar refractivity (Wildman–Crippen MR) is 113 cm³/mol. The Bertz CT molecular complexity index is 691. The van der Waals surface area contributed by atoms with Crippen LogP contribution in [0.5, 0.6) is 0 Å². The smallest absolute Gasteiger partial charge is 0.226 e. The van der Waals surface area contributed by atoms with E-state index in [-0.39, 0.29) is 23.1 Å². The monoisotopic (exact) mass is 389 g/mol. The summed E-state index contributed by atoms with van der Waals surface area (Å²) < 4.78 is 5.20. The molecule has 1 aromatic carbocycles. The van der Waals surface area contributed by atoms with Crippen molar-refractivity contribution in [3.8, 4) is 0 Å². The highest BCUT2D eigenvalue weighted by molar-refractivity contribution is 5.91. The number of anilines is 2. The van der Waals surface area contributed by atoms with Crippen LogP contribution >= 0.6 is 0 Å². The first kappa shape index (κ1) is 22.2. The lowest BCUT2D eigenvalue weighted by molar-refractivity contribution is -0.133. The van der Waals surface area contributed by atoms with Gasteiger partial charge in [0.25, 0.3) is 0 Å². The molecule has 1 saturated carbocycles. The Balaban J connectivity index is 2.21. The van der Waals surface area contributed by atoms with Crippen LogP contribution in [-0.2, 0) is 20.9 Å². The molecule has 2 rings (SSSR count). The largest absolute Gasteiger partial charge is 0.383 e. The molecule has 2 amide bonds. The lowest BCUT2D eigenvalue weighted by atomic mass is 9.92. The summed E-state index contributed by atoms with van der Waals surface area (Å²) in [6, 6.07) is 5.90. The SMILES string of the molecule is COCCN(Cc1cc(NC(=O)CC(C)(C)C)ccc1N(C)C)C(=O)C1CC1. The Morgan fingerprint density at radius 2 is 1.89 bits per heavy atom. The Kier molecular flexibility index (Phi) is 7.47. The van der Waals surface area contributed by atoms with E-state index in [4.69, 9.17) is 4.74 Å². The number of hydrogen-bond donors (Lipinski definition) is 1. The maximum Gasteiger partial charge on any atom is 0.226 e. The lowest BCUT2D eigenvalue weighted by Gasteiger charge is -2.26. The van der Waals surface area contributed by atoms with Gasteiger partial charge in [0.1, 0.15) is 0 Å². The van der Waals surface area contributed by atoms with Crippen molar-refractivity contribution in [1.82, 2.24) is 4.90 Å². The van der Waals surface area contributed by atoms with Crippen LogP contribution in [0.3, 0.4) is 0 Å². The summed E-state index contributed by atoms with van der Waals surface area (Å²) in [6.45, 7) is 7.73. The topological polar surface area (TPSA) is 61.9 Å². The van der Waals surface area contributed by atoms with Crippen LogP contribution in [0.15, 0.2) is 18.2 Å². The lowest BCUT2D eigenvalue weighted by Crippen LogP contribution is -2.35. The average Bonchev–Trinajstić information content (AvgIpc) is 3.41. The van der Waals surface area contributed by atoms with E-state index in [2.05, 4.69) is 5.32 Å². The molecule has 6 nitrogen and oxygen atoms in total. The molecule has 1 N–H and O–H groups in total. The number of rotatable bonds is 9. The number of methoxy groups -OCH3 is 1. The van der Waals surface area contributed by atoms with Gasteiger partial charge in [-0.25, -0.2) is 0 Å². The van der Waals surface area contributed by atoms with Gasteiger partial charge in [-0.2, -0.15) is 0 Å². The van der Waals surface area contributed by atoms with Gasteiger partial charge < -0.3 is 19.9 Å². The summed E-state index contributed by atoms with van der Waals surface area (Å²) >= 11 is 0. The maximum atomic E-state index is 12.7. The minimum Gasteiger partial charge on any atom is -0.383 e. The molecule has 1 fully saturated rings. The van der Waals surface area contributed by atoms with Crippen molar-refractivity contribution in [2.24, 2.45) is 11.3 Å². The van der Waals surface area contributed by atoms with Crippen molar-refractivity contribution in [3.63, 3.8) is 0 Å². The predicted octanol–water partition coefficient (Wildman–Crippen LogP) is 3.51. The molecule has 0 radical (unpaired) electrons. The molecule has 1 aliphatic carbocycles. The van der Waals surface area contributed by atoms with E-state index in [1.54, 1.807) is 7.11 Å². The molecular formula is C22H35N3O3. The fraction of sp³-hybridized carbons (Fsp3) is 0.636. The molecule has 0 spiro atoms. The Hall–Kier alpha value is -2.08. The van der Waals surface area contributed by atoms with Crippen molar-refractivity contribution in [2.45, 2.75) is 46.6 Å². The highest BCUT2D eigenvalue weighted by Gasteiger charge is 2.33. The third-order valence-electron chi connectivity index (χ3n) is 4.70. The second kappa shape index (κ2) is 9.41. The van der Waals surface area contributed by atoms with Gasteiger partial charge in [0, 0.05) is 58.0 Å². The highest BCUT2D eigenvalue weighted by atomic mass is 16.5. The van der Waals surface area contributed by atoms with Gasteiger partial charge in [-0.3, -0.25) is 9.59 Å². The first-order chi connectivity index (χ1) is 13.1. The van der Waals surface area contributed by atoms with Crippen molar-refractivity contribution in [2.75, 3.05) is 44.6 Å². The van der Waals surface area contributed by atoms with Crippen LogP contribution in [0.4, 0.5) is 11.4 Å². The van der Waals surface area contributed by atoms with E-state index in [0.717, 1.165) is 29.8 Å². The molecule has 0 aromatic heterocycles. The van der Waals surface area contributed by atoms with Crippen molar-refractivity contribution in [1.29, 1.82) is 0 Å². The van der Waals surface area contributed by atoms with E-state index in [0.29, 0.717) is 26.1 Å². The van der Waals surface area contributed by atoms with Crippen LogP contribution in [0.1, 0.15) is 45.6 Å². The molecule has 0 aliphatic heterocycles. The quantitative estimate of drug-likeness (QED) is 0.702. The summed E-state index contributed by atoms with van der Waals surface area (Å²) in [5.74, 6) is 0.361. The van der Waals surface area contributed by atoms with Crippen molar-refractivity contribution >= 4 is 23.2 Å². The Morgan fingerprint density at radius 1 is 1.21 bits per heavy atom. The second-order valence-corrected chi connectivity index (χ2v) is 9.05. The average molecular weight is 390 g/mol. The first-order valence-corrected chi connectivity index (χ1v) is 9.98. The van der Waals surface area contributed by atoms with Crippen LogP contribution in [0.2, 0.25) is 0 Å². The summed E-state index contributed by atoms with van der Waals surface area (Å²) in [5.41, 5.74) is 2.76. The van der Waals surface area contributed by atoms with Crippen molar-refractivity contribution in [3.05, 3.63) is 23.8 Å².